The first-order valence-electron chi connectivity index (χ1n) is 2.73. The van der Waals surface area contributed by atoms with Crippen LogP contribution in [0.5, 0.6) is 11.5 Å². The largest absolute Gasteiger partial charge is 0.505 e. The van der Waals surface area contributed by atoms with Gasteiger partial charge in [0.25, 0.3) is 0 Å². The van der Waals surface area contributed by atoms with Crippen molar-refractivity contribution in [2.45, 2.75) is 0 Å². The van der Waals surface area contributed by atoms with Gasteiger partial charge in [-0.05, 0) is 0 Å². The average Bonchev–Trinajstić information content (AvgIpc) is 2.01. The minimum absolute atomic E-state index is 0.202. The molecule has 0 spiro atoms. The summed E-state index contributed by atoms with van der Waals surface area (Å²) in [7, 11) is 0. The second kappa shape index (κ2) is 2.88. The number of aromatic hydroxyl groups is 1. The lowest BCUT2D eigenvalue weighted by molar-refractivity contribution is -0.0162. The predicted molar refractivity (Wildman–Crippen MR) is 29.7 cm³/mol. The lowest BCUT2D eigenvalue weighted by Gasteiger charge is -2.00. The van der Waals surface area contributed by atoms with Crippen molar-refractivity contribution in [1.29, 1.82) is 0 Å². The molecular formula is C6H2F4O2. The maximum Gasteiger partial charge on any atom is 0.246 e. The fourth-order valence-electron chi connectivity index (χ4n) is 0.637. The highest BCUT2D eigenvalue weighted by atomic mass is 19.3. The van der Waals surface area contributed by atoms with Crippen molar-refractivity contribution >= 4 is 0 Å². The number of rotatable bonds is 1. The average molecular weight is 182 g/mol. The molecule has 0 aliphatic carbocycles. The van der Waals surface area contributed by atoms with Gasteiger partial charge < -0.3 is 5.11 Å². The molecule has 0 aliphatic heterocycles. The molecule has 66 valence electrons. The van der Waals surface area contributed by atoms with Gasteiger partial charge in [0.1, 0.15) is 0 Å². The molecule has 0 aromatic heterocycles. The third kappa shape index (κ3) is 1.15. The summed E-state index contributed by atoms with van der Waals surface area (Å²) in [5.74, 6) is -7.94. The highest BCUT2D eigenvalue weighted by molar-refractivity contribution is 5.35. The summed E-state index contributed by atoms with van der Waals surface area (Å²) in [6, 6.07) is 0.202. The fraction of sp³-hybridized carbons (Fsp3) is 0. The number of halogens is 4. The molecule has 0 radical (unpaired) electrons. The van der Waals surface area contributed by atoms with Crippen molar-refractivity contribution in [3.63, 3.8) is 0 Å². The molecule has 0 heterocycles. The predicted octanol–water partition coefficient (Wildman–Crippen LogP) is 2.07. The molecule has 1 N–H and O–H groups in total. The molecule has 0 bridgehead atoms. The van der Waals surface area contributed by atoms with Crippen LogP contribution in [-0.2, 0) is 0 Å². The monoisotopic (exact) mass is 182 g/mol. The maximum absolute atomic E-state index is 12.4. The highest BCUT2D eigenvalue weighted by Crippen LogP contribution is 2.29. The topological polar surface area (TPSA) is 29.5 Å². The van der Waals surface area contributed by atoms with E-state index in [1.807, 2.05) is 0 Å². The SMILES string of the molecule is Oc1cc(F)c(OF)c(F)c1F. The number of hydrogen-bond acceptors (Lipinski definition) is 2. The zero-order chi connectivity index (χ0) is 9.30. The van der Waals surface area contributed by atoms with Gasteiger partial charge in [-0.15, -0.1) is 0 Å². The lowest BCUT2D eigenvalue weighted by atomic mass is 10.3. The van der Waals surface area contributed by atoms with Crippen LogP contribution in [0.25, 0.3) is 0 Å². The van der Waals surface area contributed by atoms with E-state index in [2.05, 4.69) is 4.94 Å². The van der Waals surface area contributed by atoms with Gasteiger partial charge in [0.2, 0.25) is 17.4 Å². The Bertz CT molecular complexity index is 313. The van der Waals surface area contributed by atoms with Crippen LogP contribution in [0.2, 0.25) is 0 Å². The molecule has 0 fully saturated rings. The van der Waals surface area contributed by atoms with E-state index in [1.54, 1.807) is 0 Å². The van der Waals surface area contributed by atoms with E-state index in [1.165, 1.54) is 0 Å². The Balaban J connectivity index is 3.40. The summed E-state index contributed by atoms with van der Waals surface area (Å²) < 4.78 is 48.4. The smallest absolute Gasteiger partial charge is 0.246 e. The van der Waals surface area contributed by atoms with E-state index >= 15 is 0 Å². The van der Waals surface area contributed by atoms with Gasteiger partial charge in [0, 0.05) is 10.6 Å². The van der Waals surface area contributed by atoms with Crippen molar-refractivity contribution in [1.82, 2.24) is 0 Å². The summed E-state index contributed by atoms with van der Waals surface area (Å²) in [5, 5.41) is 8.47. The van der Waals surface area contributed by atoms with Crippen molar-refractivity contribution in [3.8, 4) is 11.5 Å². The first-order valence-corrected chi connectivity index (χ1v) is 2.73. The maximum atomic E-state index is 12.4. The van der Waals surface area contributed by atoms with Gasteiger partial charge in [-0.2, -0.15) is 8.78 Å². The van der Waals surface area contributed by atoms with Crippen LogP contribution in [0.3, 0.4) is 0 Å². The van der Waals surface area contributed by atoms with Crippen LogP contribution < -0.4 is 4.94 Å². The van der Waals surface area contributed by atoms with E-state index in [0.29, 0.717) is 0 Å². The van der Waals surface area contributed by atoms with E-state index < -0.39 is 29.0 Å². The molecule has 12 heavy (non-hydrogen) atoms. The third-order valence-electron chi connectivity index (χ3n) is 1.17. The van der Waals surface area contributed by atoms with Gasteiger partial charge in [0.15, 0.2) is 11.6 Å². The quantitative estimate of drug-likeness (QED) is 0.532. The summed E-state index contributed by atoms with van der Waals surface area (Å²) in [4.78, 5) is 2.71. The second-order valence-corrected chi connectivity index (χ2v) is 1.91. The molecular weight excluding hydrogens is 180 g/mol. The van der Waals surface area contributed by atoms with Gasteiger partial charge >= 0.3 is 0 Å². The molecule has 2 nitrogen and oxygen atoms in total. The number of phenolic OH excluding ortho intramolecular Hbond substituents is 1. The third-order valence-corrected chi connectivity index (χ3v) is 1.17. The van der Waals surface area contributed by atoms with Crippen molar-refractivity contribution in [2.24, 2.45) is 0 Å². The molecule has 0 unspecified atom stereocenters. The molecule has 0 saturated carbocycles. The van der Waals surface area contributed by atoms with E-state index in [9.17, 15) is 17.7 Å². The Morgan fingerprint density at radius 1 is 1.17 bits per heavy atom. The summed E-state index contributed by atoms with van der Waals surface area (Å²) in [6.45, 7) is 0. The fourth-order valence-corrected chi connectivity index (χ4v) is 0.637. The Morgan fingerprint density at radius 2 is 1.75 bits per heavy atom. The van der Waals surface area contributed by atoms with E-state index in [4.69, 9.17) is 5.11 Å². The zero-order valence-corrected chi connectivity index (χ0v) is 5.44. The Hall–Kier alpha value is -1.46. The molecule has 1 aromatic carbocycles. The molecule has 0 amide bonds. The first kappa shape index (κ1) is 8.63. The van der Waals surface area contributed by atoms with Crippen LogP contribution in [0, 0.1) is 17.5 Å². The number of phenols is 1. The van der Waals surface area contributed by atoms with Gasteiger partial charge in [0.05, 0.1) is 0 Å². The first-order chi connectivity index (χ1) is 5.57. The molecule has 0 aliphatic rings. The van der Waals surface area contributed by atoms with Crippen LogP contribution in [0.15, 0.2) is 6.07 Å². The molecule has 0 saturated heterocycles. The highest BCUT2D eigenvalue weighted by Gasteiger charge is 2.20. The van der Waals surface area contributed by atoms with Gasteiger partial charge in [-0.1, -0.05) is 0 Å². The Labute approximate surface area is 63.9 Å². The number of benzene rings is 1. The van der Waals surface area contributed by atoms with Crippen LogP contribution in [0.1, 0.15) is 0 Å². The van der Waals surface area contributed by atoms with E-state index in [-0.39, 0.29) is 6.07 Å². The molecule has 6 heteroatoms. The van der Waals surface area contributed by atoms with Crippen LogP contribution in [0.4, 0.5) is 17.7 Å². The van der Waals surface area contributed by atoms with Crippen molar-refractivity contribution < 1.29 is 27.7 Å². The number of hydrogen-bond donors (Lipinski definition) is 1. The van der Waals surface area contributed by atoms with Crippen LogP contribution >= 0.6 is 0 Å². The summed E-state index contributed by atoms with van der Waals surface area (Å²) in [5.41, 5.74) is 0. The van der Waals surface area contributed by atoms with Gasteiger partial charge in [-0.3, -0.25) is 4.94 Å². The van der Waals surface area contributed by atoms with Crippen molar-refractivity contribution in [3.05, 3.63) is 23.5 Å². The van der Waals surface area contributed by atoms with Crippen molar-refractivity contribution in [2.75, 3.05) is 0 Å². The molecule has 0 atom stereocenters. The Morgan fingerprint density at radius 3 is 2.25 bits per heavy atom. The summed E-state index contributed by atoms with van der Waals surface area (Å²) in [6.07, 6.45) is 0. The van der Waals surface area contributed by atoms with Crippen LogP contribution in [-0.4, -0.2) is 5.11 Å². The van der Waals surface area contributed by atoms with E-state index in [0.717, 1.165) is 0 Å². The van der Waals surface area contributed by atoms with Gasteiger partial charge in [-0.25, -0.2) is 4.39 Å². The minimum atomic E-state index is -1.91. The minimum Gasteiger partial charge on any atom is -0.505 e. The Kier molecular flexibility index (Phi) is 2.07. The lowest BCUT2D eigenvalue weighted by Crippen LogP contribution is -1.93. The molecule has 1 aromatic rings. The molecule has 1 rings (SSSR count). The summed E-state index contributed by atoms with van der Waals surface area (Å²) >= 11 is 0. The zero-order valence-electron chi connectivity index (χ0n) is 5.44. The normalized spacial score (nSPS) is 10.0. The second-order valence-electron chi connectivity index (χ2n) is 1.91. The standard InChI is InChI=1S/C6H2F4O2/c7-2-1-3(11)4(8)5(9)6(2)12-10/h1,11H.